The second-order valence-electron chi connectivity index (χ2n) is 14.7. The SMILES string of the molecule is C=CCC(OC(C)=O)[C@@H]1[C@@H](N(Cc2ccc(N3CCOCC3)cc2)C(=O)c2ccc(C(F)(F)F)cc2)c2cc(OCCCO)ccc2N1C(=O)Cc1ccc(OC)c(OC)c1. The van der Waals surface area contributed by atoms with E-state index < -0.39 is 47.7 Å². The molecular weight excluding hydrogens is 796 g/mol. The molecule has 6 rings (SSSR count). The van der Waals surface area contributed by atoms with E-state index in [1.807, 2.05) is 24.3 Å². The van der Waals surface area contributed by atoms with Gasteiger partial charge in [0.25, 0.3) is 5.91 Å². The molecule has 0 bridgehead atoms. The molecule has 0 spiro atoms. The third-order valence-electron chi connectivity index (χ3n) is 10.7. The maximum absolute atomic E-state index is 15.1. The lowest BCUT2D eigenvalue weighted by Gasteiger charge is -2.39. The summed E-state index contributed by atoms with van der Waals surface area (Å²) < 4.78 is 69.6. The van der Waals surface area contributed by atoms with Gasteiger partial charge in [0.15, 0.2) is 11.5 Å². The zero-order valence-corrected chi connectivity index (χ0v) is 34.4. The second-order valence-corrected chi connectivity index (χ2v) is 14.7. The molecule has 2 aliphatic rings. The lowest BCUT2D eigenvalue weighted by Crippen LogP contribution is -2.53. The number of alkyl halides is 3. The van der Waals surface area contributed by atoms with Crippen LogP contribution in [0.5, 0.6) is 17.2 Å². The topological polar surface area (TPSA) is 127 Å². The van der Waals surface area contributed by atoms with Crippen molar-refractivity contribution in [2.45, 2.75) is 57.1 Å². The summed E-state index contributed by atoms with van der Waals surface area (Å²) in [7, 11) is 2.99. The summed E-state index contributed by atoms with van der Waals surface area (Å²) >= 11 is 0. The van der Waals surface area contributed by atoms with Gasteiger partial charge in [0.05, 0.1) is 58.1 Å². The molecule has 2 amide bonds. The number of hydrogen-bond acceptors (Lipinski definition) is 10. The van der Waals surface area contributed by atoms with Crippen LogP contribution in [0.25, 0.3) is 0 Å². The van der Waals surface area contributed by atoms with Crippen molar-refractivity contribution in [3.63, 3.8) is 0 Å². The van der Waals surface area contributed by atoms with Crippen LogP contribution >= 0.6 is 0 Å². The zero-order valence-electron chi connectivity index (χ0n) is 34.4. The van der Waals surface area contributed by atoms with Gasteiger partial charge in [-0.05, 0) is 77.9 Å². The molecule has 2 aliphatic heterocycles. The molecule has 1 fully saturated rings. The number of ether oxygens (including phenoxy) is 5. The molecule has 15 heteroatoms. The fourth-order valence-corrected chi connectivity index (χ4v) is 7.82. The summed E-state index contributed by atoms with van der Waals surface area (Å²) in [5, 5.41) is 9.47. The van der Waals surface area contributed by atoms with Crippen molar-refractivity contribution in [1.82, 2.24) is 4.90 Å². The maximum Gasteiger partial charge on any atom is 0.416 e. The van der Waals surface area contributed by atoms with E-state index >= 15 is 4.79 Å². The molecule has 0 radical (unpaired) electrons. The van der Waals surface area contributed by atoms with Crippen LogP contribution in [-0.2, 0) is 38.2 Å². The van der Waals surface area contributed by atoms with Crippen molar-refractivity contribution in [2.75, 3.05) is 63.5 Å². The molecule has 1 saturated heterocycles. The number of rotatable bonds is 17. The lowest BCUT2D eigenvalue weighted by atomic mass is 9.93. The van der Waals surface area contributed by atoms with Crippen molar-refractivity contribution in [3.8, 4) is 17.2 Å². The van der Waals surface area contributed by atoms with Crippen LogP contribution < -0.4 is 24.0 Å². The first-order chi connectivity index (χ1) is 29.4. The first-order valence-electron chi connectivity index (χ1n) is 19.9. The number of carbonyl (C=O) groups excluding carboxylic acids is 3. The van der Waals surface area contributed by atoms with Crippen molar-refractivity contribution in [2.24, 2.45) is 0 Å². The largest absolute Gasteiger partial charge is 0.493 e. The van der Waals surface area contributed by atoms with E-state index in [0.717, 1.165) is 30.0 Å². The maximum atomic E-state index is 15.1. The summed E-state index contributed by atoms with van der Waals surface area (Å²) in [4.78, 5) is 48.1. The van der Waals surface area contributed by atoms with Gasteiger partial charge in [0.1, 0.15) is 11.9 Å². The number of fused-ring (bicyclic) bond motifs is 1. The molecule has 1 unspecified atom stereocenters. The highest BCUT2D eigenvalue weighted by Crippen LogP contribution is 2.48. The quantitative estimate of drug-likeness (QED) is 0.0664. The number of aliphatic hydroxyl groups excluding tert-OH is 1. The Morgan fingerprint density at radius 1 is 0.934 bits per heavy atom. The Labute approximate surface area is 353 Å². The molecule has 2 heterocycles. The van der Waals surface area contributed by atoms with E-state index in [1.165, 1.54) is 30.9 Å². The fraction of sp³-hybridized carbons (Fsp3) is 0.370. The number of aliphatic hydroxyl groups is 1. The number of morpholine rings is 1. The van der Waals surface area contributed by atoms with Gasteiger partial charge in [-0.25, -0.2) is 0 Å². The van der Waals surface area contributed by atoms with E-state index in [-0.39, 0.29) is 38.2 Å². The number of nitrogens with zero attached hydrogens (tertiary/aromatic N) is 3. The fourth-order valence-electron chi connectivity index (χ4n) is 7.82. The number of halogens is 3. The van der Waals surface area contributed by atoms with Crippen LogP contribution in [0.3, 0.4) is 0 Å². The predicted octanol–water partition coefficient (Wildman–Crippen LogP) is 7.17. The molecule has 12 nitrogen and oxygen atoms in total. The first-order valence-corrected chi connectivity index (χ1v) is 19.9. The van der Waals surface area contributed by atoms with Crippen molar-refractivity contribution >= 4 is 29.2 Å². The zero-order chi connectivity index (χ0) is 43.7. The van der Waals surface area contributed by atoms with E-state index in [2.05, 4.69) is 11.5 Å². The molecule has 0 aromatic heterocycles. The van der Waals surface area contributed by atoms with Gasteiger partial charge in [-0.3, -0.25) is 14.4 Å². The Morgan fingerprint density at radius 3 is 2.25 bits per heavy atom. The Bertz CT molecular complexity index is 2160. The summed E-state index contributed by atoms with van der Waals surface area (Å²) in [6.07, 6.45) is -3.86. The molecule has 1 N–H and O–H groups in total. The van der Waals surface area contributed by atoms with E-state index in [9.17, 15) is 27.9 Å². The lowest BCUT2D eigenvalue weighted by molar-refractivity contribution is -0.148. The van der Waals surface area contributed by atoms with Gasteiger partial charge in [-0.15, -0.1) is 6.58 Å². The summed E-state index contributed by atoms with van der Waals surface area (Å²) in [5.41, 5.74) is 2.15. The van der Waals surface area contributed by atoms with Crippen LogP contribution in [-0.4, -0.2) is 93.7 Å². The van der Waals surface area contributed by atoms with Crippen LogP contribution in [0.2, 0.25) is 0 Å². The highest BCUT2D eigenvalue weighted by atomic mass is 19.4. The van der Waals surface area contributed by atoms with Gasteiger partial charge >= 0.3 is 12.1 Å². The number of esters is 1. The minimum absolute atomic E-state index is 0.0311. The van der Waals surface area contributed by atoms with Gasteiger partial charge in [-0.1, -0.05) is 24.3 Å². The van der Waals surface area contributed by atoms with Gasteiger partial charge in [0, 0.05) is 68.5 Å². The van der Waals surface area contributed by atoms with Crippen LogP contribution in [0.1, 0.15) is 58.4 Å². The van der Waals surface area contributed by atoms with E-state index in [0.29, 0.717) is 72.4 Å². The third-order valence-corrected chi connectivity index (χ3v) is 10.7. The molecular formula is C46H50F3N3O9. The minimum atomic E-state index is -4.64. The normalized spacial score (nSPS) is 16.6. The number of hydrogen-bond donors (Lipinski definition) is 1. The summed E-state index contributed by atoms with van der Waals surface area (Å²) in [6, 6.07) is 19.7. The van der Waals surface area contributed by atoms with Crippen LogP contribution in [0.15, 0.2) is 97.6 Å². The monoisotopic (exact) mass is 845 g/mol. The smallest absolute Gasteiger partial charge is 0.416 e. The average Bonchev–Trinajstić information content (AvgIpc) is 3.59. The Hall–Kier alpha value is -6.06. The summed E-state index contributed by atoms with van der Waals surface area (Å²) in [6.45, 7) is 7.73. The van der Waals surface area contributed by atoms with Gasteiger partial charge in [-0.2, -0.15) is 13.2 Å². The minimum Gasteiger partial charge on any atom is -0.493 e. The molecule has 0 saturated carbocycles. The molecule has 4 aromatic carbocycles. The van der Waals surface area contributed by atoms with Crippen molar-refractivity contribution in [3.05, 3.63) is 125 Å². The third kappa shape index (κ3) is 10.5. The van der Waals surface area contributed by atoms with Crippen molar-refractivity contribution in [1.29, 1.82) is 0 Å². The highest BCUT2D eigenvalue weighted by molar-refractivity contribution is 6.00. The molecule has 324 valence electrons. The highest BCUT2D eigenvalue weighted by Gasteiger charge is 2.50. The van der Waals surface area contributed by atoms with Gasteiger partial charge < -0.3 is 43.5 Å². The van der Waals surface area contributed by atoms with Gasteiger partial charge in [0.2, 0.25) is 5.91 Å². The molecule has 61 heavy (non-hydrogen) atoms. The van der Waals surface area contributed by atoms with Crippen LogP contribution in [0.4, 0.5) is 24.5 Å². The van der Waals surface area contributed by atoms with Crippen LogP contribution in [0, 0.1) is 0 Å². The second kappa shape index (κ2) is 20.0. The first kappa shape index (κ1) is 44.5. The number of amides is 2. The Balaban J connectivity index is 1.53. The molecule has 4 aromatic rings. The Kier molecular flexibility index (Phi) is 14.6. The standard InChI is InChI=1S/C46H50F3N3O9/c1-5-7-40(61-30(2)54)44-43(37-28-36(60-23-6-22-53)17-18-38(37)52(44)42(55)27-32-10-19-39(57-3)41(26-32)58-4)51(45(56)33-11-13-34(14-12-33)46(47,48)49)29-31-8-15-35(16-9-31)50-20-24-59-25-21-50/h5,8-19,26,28,40,43-44,53H,1,6-7,20-25,27,29H2,2-4H3/t40?,43-,44+/m0/s1. The molecule has 0 aliphatic carbocycles. The summed E-state index contributed by atoms with van der Waals surface area (Å²) in [5.74, 6) is -0.420. The Morgan fingerprint density at radius 2 is 1.62 bits per heavy atom. The number of anilines is 2. The number of carbonyl (C=O) groups is 3. The number of benzene rings is 4. The number of methoxy groups -OCH3 is 2. The van der Waals surface area contributed by atoms with Crippen molar-refractivity contribution < 1.29 is 56.3 Å². The van der Waals surface area contributed by atoms with E-state index in [1.54, 1.807) is 42.5 Å². The van der Waals surface area contributed by atoms with E-state index in [4.69, 9.17) is 23.7 Å². The molecule has 3 atom stereocenters. The average molecular weight is 846 g/mol. The predicted molar refractivity (Wildman–Crippen MR) is 222 cm³/mol.